The third-order valence-electron chi connectivity index (χ3n) is 2.54. The minimum absolute atomic E-state index is 0.174. The molecular formula is C11H13N3O2. The molecule has 0 aliphatic heterocycles. The van der Waals surface area contributed by atoms with Crippen LogP contribution in [0.15, 0.2) is 16.7 Å². The van der Waals surface area contributed by atoms with Gasteiger partial charge in [-0.25, -0.2) is 0 Å². The Morgan fingerprint density at radius 1 is 1.50 bits per heavy atom. The molecule has 2 aromatic heterocycles. The zero-order valence-corrected chi connectivity index (χ0v) is 9.44. The molecule has 2 N–H and O–H groups in total. The molecule has 2 heterocycles. The number of rotatable bonds is 2. The average molecular weight is 219 g/mol. The zero-order valence-electron chi connectivity index (χ0n) is 9.44. The molecule has 2 aromatic rings. The van der Waals surface area contributed by atoms with E-state index in [2.05, 4.69) is 5.10 Å². The summed E-state index contributed by atoms with van der Waals surface area (Å²) < 4.78 is 7.04. The highest BCUT2D eigenvalue weighted by Crippen LogP contribution is 2.28. The highest BCUT2D eigenvalue weighted by molar-refractivity contribution is 5.91. The molecule has 16 heavy (non-hydrogen) atoms. The Morgan fingerprint density at radius 3 is 2.62 bits per heavy atom. The second-order valence-corrected chi connectivity index (χ2v) is 3.74. The summed E-state index contributed by atoms with van der Waals surface area (Å²) in [6, 6.07) is 1.65. The quantitative estimate of drug-likeness (QED) is 0.829. The van der Waals surface area contributed by atoms with Crippen LogP contribution in [0.2, 0.25) is 0 Å². The number of hydrogen-bond acceptors (Lipinski definition) is 3. The van der Waals surface area contributed by atoms with Gasteiger partial charge in [0.05, 0.1) is 11.9 Å². The van der Waals surface area contributed by atoms with Crippen molar-refractivity contribution in [1.29, 1.82) is 0 Å². The van der Waals surface area contributed by atoms with Gasteiger partial charge in [-0.05, 0) is 25.5 Å². The number of hydrogen-bond donors (Lipinski definition) is 1. The van der Waals surface area contributed by atoms with Crippen molar-refractivity contribution in [2.75, 3.05) is 0 Å². The molecule has 2 rings (SSSR count). The molecule has 0 unspecified atom stereocenters. The van der Waals surface area contributed by atoms with E-state index < -0.39 is 5.91 Å². The van der Waals surface area contributed by atoms with Crippen LogP contribution in [0.4, 0.5) is 0 Å². The maximum atomic E-state index is 11.0. The van der Waals surface area contributed by atoms with Crippen LogP contribution in [0.3, 0.4) is 0 Å². The lowest BCUT2D eigenvalue weighted by molar-refractivity contribution is 0.0972. The Labute approximate surface area is 92.9 Å². The molecule has 5 nitrogen and oxygen atoms in total. The average Bonchev–Trinajstić information content (AvgIpc) is 2.71. The first-order chi connectivity index (χ1) is 7.50. The highest BCUT2D eigenvalue weighted by atomic mass is 16.3. The van der Waals surface area contributed by atoms with E-state index in [4.69, 9.17) is 10.2 Å². The van der Waals surface area contributed by atoms with E-state index >= 15 is 0 Å². The minimum Gasteiger partial charge on any atom is -0.456 e. The van der Waals surface area contributed by atoms with Crippen molar-refractivity contribution >= 4 is 5.91 Å². The molecule has 0 saturated heterocycles. The second-order valence-electron chi connectivity index (χ2n) is 3.74. The fourth-order valence-electron chi connectivity index (χ4n) is 1.77. The number of carbonyl (C=O) groups is 1. The number of carbonyl (C=O) groups excluding carboxylic acids is 1. The van der Waals surface area contributed by atoms with Crippen LogP contribution < -0.4 is 5.73 Å². The van der Waals surface area contributed by atoms with E-state index in [-0.39, 0.29) is 5.76 Å². The van der Waals surface area contributed by atoms with Gasteiger partial charge in [-0.1, -0.05) is 0 Å². The molecule has 0 bridgehead atoms. The molecule has 5 heteroatoms. The predicted molar refractivity (Wildman–Crippen MR) is 58.9 cm³/mol. The molecule has 0 fully saturated rings. The van der Waals surface area contributed by atoms with Crippen LogP contribution in [-0.4, -0.2) is 15.7 Å². The van der Waals surface area contributed by atoms with Crippen LogP contribution in [0.5, 0.6) is 0 Å². The Balaban J connectivity index is 2.61. The summed E-state index contributed by atoms with van der Waals surface area (Å²) >= 11 is 0. The SMILES string of the molecule is Cc1cnn(C)c1-c1cc(C(N)=O)oc1C. The lowest BCUT2D eigenvalue weighted by Gasteiger charge is -2.00. The van der Waals surface area contributed by atoms with Gasteiger partial charge in [0, 0.05) is 12.6 Å². The Morgan fingerprint density at radius 2 is 2.19 bits per heavy atom. The molecule has 0 radical (unpaired) electrons. The second kappa shape index (κ2) is 3.52. The molecule has 0 aliphatic rings. The van der Waals surface area contributed by atoms with Crippen molar-refractivity contribution in [2.24, 2.45) is 12.8 Å². The number of nitrogens with two attached hydrogens (primary N) is 1. The first kappa shape index (κ1) is 10.5. The van der Waals surface area contributed by atoms with Crippen molar-refractivity contribution in [3.63, 3.8) is 0 Å². The Bertz CT molecular complexity index is 532. The van der Waals surface area contributed by atoms with Crippen molar-refractivity contribution < 1.29 is 9.21 Å². The molecule has 0 atom stereocenters. The molecular weight excluding hydrogens is 206 g/mol. The van der Waals surface area contributed by atoms with E-state index in [1.807, 2.05) is 14.0 Å². The van der Waals surface area contributed by atoms with Crippen molar-refractivity contribution in [2.45, 2.75) is 13.8 Å². The molecule has 0 saturated carbocycles. The minimum atomic E-state index is -0.561. The first-order valence-corrected chi connectivity index (χ1v) is 4.90. The van der Waals surface area contributed by atoms with E-state index in [0.29, 0.717) is 5.76 Å². The van der Waals surface area contributed by atoms with Crippen molar-refractivity contribution in [1.82, 2.24) is 9.78 Å². The number of nitrogens with zero attached hydrogens (tertiary/aromatic N) is 2. The smallest absolute Gasteiger partial charge is 0.284 e. The first-order valence-electron chi connectivity index (χ1n) is 4.90. The van der Waals surface area contributed by atoms with Crippen LogP contribution in [-0.2, 0) is 7.05 Å². The molecule has 0 aliphatic carbocycles. The van der Waals surface area contributed by atoms with Gasteiger partial charge in [0.2, 0.25) is 0 Å². The van der Waals surface area contributed by atoms with Crippen LogP contribution >= 0.6 is 0 Å². The lowest BCUT2D eigenvalue weighted by atomic mass is 10.1. The summed E-state index contributed by atoms with van der Waals surface area (Å²) in [5, 5.41) is 4.15. The Hall–Kier alpha value is -2.04. The zero-order chi connectivity index (χ0) is 11.9. The number of amides is 1. The number of aryl methyl sites for hydroxylation is 3. The van der Waals surface area contributed by atoms with Crippen LogP contribution in [0.25, 0.3) is 11.3 Å². The summed E-state index contributed by atoms with van der Waals surface area (Å²) in [7, 11) is 1.85. The van der Waals surface area contributed by atoms with E-state index in [1.165, 1.54) is 0 Å². The van der Waals surface area contributed by atoms with E-state index in [1.54, 1.807) is 23.9 Å². The fraction of sp³-hybridized carbons (Fsp3) is 0.273. The molecule has 1 amide bonds. The van der Waals surface area contributed by atoms with Crippen LogP contribution in [0, 0.1) is 13.8 Å². The van der Waals surface area contributed by atoms with Gasteiger partial charge in [-0.3, -0.25) is 9.48 Å². The summed E-state index contributed by atoms with van der Waals surface area (Å²) in [5.41, 5.74) is 7.99. The normalized spacial score (nSPS) is 10.7. The molecule has 0 aromatic carbocycles. The summed E-state index contributed by atoms with van der Waals surface area (Å²) in [5.74, 6) is 0.280. The largest absolute Gasteiger partial charge is 0.456 e. The van der Waals surface area contributed by atoms with Crippen molar-refractivity contribution in [3.05, 3.63) is 29.3 Å². The summed E-state index contributed by atoms with van der Waals surface area (Å²) in [4.78, 5) is 11.0. The standard InChI is InChI=1S/C11H13N3O2/c1-6-5-13-14(3)10(6)8-4-9(11(12)15)16-7(8)2/h4-5H,1-3H3,(H2,12,15). The Kier molecular flexibility index (Phi) is 2.30. The van der Waals surface area contributed by atoms with Gasteiger partial charge in [-0.2, -0.15) is 5.10 Å². The highest BCUT2D eigenvalue weighted by Gasteiger charge is 2.17. The molecule has 84 valence electrons. The van der Waals surface area contributed by atoms with Gasteiger partial charge in [0.1, 0.15) is 5.76 Å². The number of aromatic nitrogens is 2. The topological polar surface area (TPSA) is 74.1 Å². The lowest BCUT2D eigenvalue weighted by Crippen LogP contribution is -2.09. The number of furan rings is 1. The van der Waals surface area contributed by atoms with E-state index in [0.717, 1.165) is 16.8 Å². The maximum absolute atomic E-state index is 11.0. The van der Waals surface area contributed by atoms with Gasteiger partial charge >= 0.3 is 0 Å². The van der Waals surface area contributed by atoms with Crippen molar-refractivity contribution in [3.8, 4) is 11.3 Å². The van der Waals surface area contributed by atoms with Gasteiger partial charge in [0.15, 0.2) is 5.76 Å². The van der Waals surface area contributed by atoms with Crippen LogP contribution in [0.1, 0.15) is 21.9 Å². The fourth-order valence-corrected chi connectivity index (χ4v) is 1.77. The van der Waals surface area contributed by atoms with Gasteiger partial charge < -0.3 is 10.2 Å². The third-order valence-corrected chi connectivity index (χ3v) is 2.54. The predicted octanol–water partition coefficient (Wildman–Crippen LogP) is 1.40. The number of primary amides is 1. The van der Waals surface area contributed by atoms with Gasteiger partial charge in [-0.15, -0.1) is 0 Å². The summed E-state index contributed by atoms with van der Waals surface area (Å²) in [6.45, 7) is 3.76. The monoisotopic (exact) mass is 219 g/mol. The van der Waals surface area contributed by atoms with E-state index in [9.17, 15) is 4.79 Å². The molecule has 0 spiro atoms. The summed E-state index contributed by atoms with van der Waals surface area (Å²) in [6.07, 6.45) is 1.77. The maximum Gasteiger partial charge on any atom is 0.284 e. The third kappa shape index (κ3) is 1.50. The van der Waals surface area contributed by atoms with Gasteiger partial charge in [0.25, 0.3) is 5.91 Å².